The summed E-state index contributed by atoms with van der Waals surface area (Å²) in [6, 6.07) is 9.08. The number of carbonyl (C=O) groups excluding carboxylic acids is 2. The second-order valence-corrected chi connectivity index (χ2v) is 5.58. The van der Waals surface area contributed by atoms with Crippen molar-refractivity contribution in [2.45, 2.75) is 19.3 Å². The number of hydrogen-bond donors (Lipinski definition) is 1. The van der Waals surface area contributed by atoms with E-state index in [-0.39, 0.29) is 18.0 Å². The number of carbonyl (C=O) groups is 2. The Labute approximate surface area is 135 Å². The van der Waals surface area contributed by atoms with Gasteiger partial charge in [-0.15, -0.1) is 0 Å². The van der Waals surface area contributed by atoms with E-state index in [0.717, 1.165) is 23.3 Å². The van der Waals surface area contributed by atoms with E-state index in [1.54, 1.807) is 18.2 Å². The smallest absolute Gasteiger partial charge is 0.366 e. The predicted octanol–water partition coefficient (Wildman–Crippen LogP) is 2.96. The molecule has 1 aliphatic rings. The molecule has 2 N–H and O–H groups in total. The van der Waals surface area contributed by atoms with Gasteiger partial charge in [-0.2, -0.15) is 13.2 Å². The van der Waals surface area contributed by atoms with Crippen LogP contribution < -0.4 is 5.73 Å². The van der Waals surface area contributed by atoms with Crippen LogP contribution in [0.3, 0.4) is 0 Å². The normalized spacial score (nSPS) is 13.7. The Morgan fingerprint density at radius 3 is 2.08 bits per heavy atom. The van der Waals surface area contributed by atoms with E-state index in [4.69, 9.17) is 5.73 Å². The molecule has 0 fully saturated rings. The van der Waals surface area contributed by atoms with Gasteiger partial charge in [-0.3, -0.25) is 9.59 Å². The molecule has 0 aliphatic carbocycles. The van der Waals surface area contributed by atoms with Crippen molar-refractivity contribution < 1.29 is 22.8 Å². The highest BCUT2D eigenvalue weighted by molar-refractivity contribution is 5.95. The predicted molar refractivity (Wildman–Crippen MR) is 80.0 cm³/mol. The van der Waals surface area contributed by atoms with E-state index in [0.29, 0.717) is 12.1 Å². The van der Waals surface area contributed by atoms with Gasteiger partial charge in [-0.25, -0.2) is 0 Å². The number of nitrogens with two attached hydrogens (primary N) is 1. The van der Waals surface area contributed by atoms with Crippen LogP contribution in [0.25, 0.3) is 0 Å². The molecule has 2 aromatic carbocycles. The summed E-state index contributed by atoms with van der Waals surface area (Å²) in [5, 5.41) is 0. The fourth-order valence-corrected chi connectivity index (χ4v) is 2.68. The first-order valence-electron chi connectivity index (χ1n) is 7.14. The zero-order valence-electron chi connectivity index (χ0n) is 12.4. The van der Waals surface area contributed by atoms with E-state index >= 15 is 0 Å². The van der Waals surface area contributed by atoms with Crippen LogP contribution in [0.2, 0.25) is 0 Å². The molecule has 1 aliphatic heterocycles. The van der Waals surface area contributed by atoms with Crippen LogP contribution in [0, 0.1) is 0 Å². The van der Waals surface area contributed by atoms with Crippen molar-refractivity contribution in [3.8, 4) is 0 Å². The summed E-state index contributed by atoms with van der Waals surface area (Å²) in [6.45, 7) is 0.630. The number of rotatable bonds is 2. The number of benzene rings is 2. The Kier molecular flexibility index (Phi) is 3.79. The second kappa shape index (κ2) is 5.67. The van der Waals surface area contributed by atoms with Gasteiger partial charge < -0.3 is 10.6 Å². The van der Waals surface area contributed by atoms with Gasteiger partial charge in [0.2, 0.25) is 5.91 Å². The lowest BCUT2D eigenvalue weighted by atomic mass is 10.1. The molecule has 0 atom stereocenters. The number of primary amides is 1. The van der Waals surface area contributed by atoms with Gasteiger partial charge in [0.15, 0.2) is 0 Å². The van der Waals surface area contributed by atoms with Gasteiger partial charge in [-0.1, -0.05) is 6.07 Å². The van der Waals surface area contributed by atoms with Crippen LogP contribution in [-0.4, -0.2) is 16.7 Å². The molecule has 2 amide bonds. The average molecular weight is 334 g/mol. The standard InChI is InChI=1S/C17H13F3N2O2/c18-17(19,20)14-5-3-10(4-6-14)16(24)22-8-12-2-1-11(15(21)23)7-13(12)9-22/h1-7H,8-9H2,(H2,21,23). The van der Waals surface area contributed by atoms with E-state index in [9.17, 15) is 22.8 Å². The monoisotopic (exact) mass is 334 g/mol. The molecule has 0 aromatic heterocycles. The number of fused-ring (bicyclic) bond motifs is 1. The Morgan fingerprint density at radius 2 is 1.50 bits per heavy atom. The van der Waals surface area contributed by atoms with Crippen molar-refractivity contribution in [1.82, 2.24) is 4.90 Å². The maximum absolute atomic E-state index is 12.6. The summed E-state index contributed by atoms with van der Waals surface area (Å²) in [5.74, 6) is -0.911. The summed E-state index contributed by atoms with van der Waals surface area (Å²) in [5.41, 5.74) is 6.68. The van der Waals surface area contributed by atoms with E-state index in [2.05, 4.69) is 0 Å². The molecule has 7 heteroatoms. The highest BCUT2D eigenvalue weighted by Crippen LogP contribution is 2.30. The van der Waals surface area contributed by atoms with E-state index in [1.807, 2.05) is 0 Å². The van der Waals surface area contributed by atoms with Crippen LogP contribution in [0.4, 0.5) is 13.2 Å². The lowest BCUT2D eigenvalue weighted by molar-refractivity contribution is -0.137. The van der Waals surface area contributed by atoms with Crippen molar-refractivity contribution in [2.75, 3.05) is 0 Å². The summed E-state index contributed by atoms with van der Waals surface area (Å²) >= 11 is 0. The molecular formula is C17H13F3N2O2. The van der Waals surface area contributed by atoms with Gasteiger partial charge >= 0.3 is 6.18 Å². The Morgan fingerprint density at radius 1 is 0.917 bits per heavy atom. The third kappa shape index (κ3) is 2.97. The highest BCUT2D eigenvalue weighted by Gasteiger charge is 2.31. The maximum Gasteiger partial charge on any atom is 0.416 e. The summed E-state index contributed by atoms with van der Waals surface area (Å²) in [4.78, 5) is 25.2. The summed E-state index contributed by atoms with van der Waals surface area (Å²) < 4.78 is 37.7. The third-order valence-electron chi connectivity index (χ3n) is 3.96. The fraction of sp³-hybridized carbons (Fsp3) is 0.176. The van der Waals surface area contributed by atoms with Gasteiger partial charge in [-0.05, 0) is 47.5 Å². The molecule has 1 heterocycles. The zero-order valence-corrected chi connectivity index (χ0v) is 12.4. The Hall–Kier alpha value is -2.83. The topological polar surface area (TPSA) is 63.4 Å². The van der Waals surface area contributed by atoms with Gasteiger partial charge in [0, 0.05) is 24.2 Å². The summed E-state index contributed by atoms with van der Waals surface area (Å²) in [7, 11) is 0. The minimum Gasteiger partial charge on any atom is -0.366 e. The van der Waals surface area contributed by atoms with Crippen LogP contribution in [0.15, 0.2) is 42.5 Å². The Balaban J connectivity index is 1.78. The fourth-order valence-electron chi connectivity index (χ4n) is 2.68. The lowest BCUT2D eigenvalue weighted by Crippen LogP contribution is -2.25. The molecule has 4 nitrogen and oxygen atoms in total. The number of alkyl halides is 3. The second-order valence-electron chi connectivity index (χ2n) is 5.58. The van der Waals surface area contributed by atoms with E-state index in [1.165, 1.54) is 17.0 Å². The number of amides is 2. The molecule has 24 heavy (non-hydrogen) atoms. The van der Waals surface area contributed by atoms with Crippen LogP contribution in [-0.2, 0) is 19.3 Å². The van der Waals surface area contributed by atoms with Crippen molar-refractivity contribution in [3.05, 3.63) is 70.3 Å². The molecular weight excluding hydrogens is 321 g/mol. The highest BCUT2D eigenvalue weighted by atomic mass is 19.4. The van der Waals surface area contributed by atoms with Crippen LogP contribution >= 0.6 is 0 Å². The first-order chi connectivity index (χ1) is 11.3. The van der Waals surface area contributed by atoms with Gasteiger partial charge in [0.25, 0.3) is 5.91 Å². The van der Waals surface area contributed by atoms with Crippen molar-refractivity contribution in [2.24, 2.45) is 5.73 Å². The molecule has 0 saturated carbocycles. The third-order valence-corrected chi connectivity index (χ3v) is 3.96. The molecule has 3 rings (SSSR count). The SMILES string of the molecule is NC(=O)c1ccc2c(c1)CN(C(=O)c1ccc(C(F)(F)F)cc1)C2. The lowest BCUT2D eigenvalue weighted by Gasteiger charge is -2.16. The number of halogens is 3. The van der Waals surface area contributed by atoms with Gasteiger partial charge in [0.05, 0.1) is 5.56 Å². The first kappa shape index (κ1) is 16.0. The molecule has 124 valence electrons. The Bertz CT molecular complexity index is 814. The molecule has 0 unspecified atom stereocenters. The molecule has 0 radical (unpaired) electrons. The average Bonchev–Trinajstić information content (AvgIpc) is 2.96. The van der Waals surface area contributed by atoms with Crippen LogP contribution in [0.1, 0.15) is 37.4 Å². The van der Waals surface area contributed by atoms with E-state index < -0.39 is 17.6 Å². The quantitative estimate of drug-likeness (QED) is 0.918. The number of hydrogen-bond acceptors (Lipinski definition) is 2. The van der Waals surface area contributed by atoms with Crippen molar-refractivity contribution >= 4 is 11.8 Å². The largest absolute Gasteiger partial charge is 0.416 e. The zero-order chi connectivity index (χ0) is 17.5. The number of nitrogens with zero attached hydrogens (tertiary/aromatic N) is 1. The van der Waals surface area contributed by atoms with Crippen molar-refractivity contribution in [3.63, 3.8) is 0 Å². The molecule has 0 spiro atoms. The van der Waals surface area contributed by atoms with Gasteiger partial charge in [0.1, 0.15) is 0 Å². The minimum atomic E-state index is -4.43. The molecule has 0 bridgehead atoms. The minimum absolute atomic E-state index is 0.186. The first-order valence-corrected chi connectivity index (χ1v) is 7.14. The van der Waals surface area contributed by atoms with Crippen LogP contribution in [0.5, 0.6) is 0 Å². The molecule has 2 aromatic rings. The van der Waals surface area contributed by atoms with Crippen molar-refractivity contribution in [1.29, 1.82) is 0 Å². The maximum atomic E-state index is 12.6. The summed E-state index contributed by atoms with van der Waals surface area (Å²) in [6.07, 6.45) is -4.43. The molecule has 0 saturated heterocycles.